The zero-order valence-corrected chi connectivity index (χ0v) is 15.6. The van der Waals surface area contributed by atoms with Gasteiger partial charge in [0.05, 0.1) is 11.1 Å². The monoisotopic (exact) mass is 378 g/mol. The van der Waals surface area contributed by atoms with Gasteiger partial charge >= 0.3 is 0 Å². The maximum atomic E-state index is 12.7. The Bertz CT molecular complexity index is 1170. The number of aromatic nitrogens is 4. The van der Waals surface area contributed by atoms with Crippen molar-refractivity contribution in [3.05, 3.63) is 69.2 Å². The molecule has 3 aromatic heterocycles. The Hall–Kier alpha value is -3.06. The molecule has 27 heavy (non-hydrogen) atoms. The summed E-state index contributed by atoms with van der Waals surface area (Å²) in [5.41, 5.74) is 1.54. The lowest BCUT2D eigenvalue weighted by molar-refractivity contribution is 0.309. The van der Waals surface area contributed by atoms with Gasteiger partial charge in [-0.15, -0.1) is 5.10 Å². The summed E-state index contributed by atoms with van der Waals surface area (Å²) >= 11 is 1.32. The molecule has 0 saturated carbocycles. The molecule has 0 amide bonds. The molecule has 0 saturated heterocycles. The van der Waals surface area contributed by atoms with Crippen molar-refractivity contribution in [3.8, 4) is 17.1 Å². The van der Waals surface area contributed by atoms with Crippen molar-refractivity contribution in [1.29, 1.82) is 0 Å². The molecule has 1 aromatic carbocycles. The molecule has 0 radical (unpaired) electrons. The van der Waals surface area contributed by atoms with E-state index in [1.54, 1.807) is 12.4 Å². The highest BCUT2D eigenvalue weighted by Crippen LogP contribution is 2.19. The first-order valence-corrected chi connectivity index (χ1v) is 9.61. The summed E-state index contributed by atoms with van der Waals surface area (Å²) in [4.78, 5) is 21.8. The van der Waals surface area contributed by atoms with Gasteiger partial charge in [-0.25, -0.2) is 0 Å². The average Bonchev–Trinajstić information content (AvgIpc) is 3.24. The lowest BCUT2D eigenvalue weighted by Crippen LogP contribution is -2.23. The molecule has 0 bridgehead atoms. The number of rotatable bonds is 6. The molecule has 6 nitrogen and oxygen atoms in total. The zero-order valence-electron chi connectivity index (χ0n) is 14.8. The van der Waals surface area contributed by atoms with Crippen molar-refractivity contribution in [2.24, 2.45) is 0 Å². The zero-order chi connectivity index (χ0) is 18.6. The Kier molecular flexibility index (Phi) is 4.93. The summed E-state index contributed by atoms with van der Waals surface area (Å²) in [5, 5.41) is 4.35. The van der Waals surface area contributed by atoms with Crippen LogP contribution in [-0.4, -0.2) is 26.2 Å². The Balaban J connectivity index is 1.72. The number of benzene rings is 1. The van der Waals surface area contributed by atoms with E-state index in [0.29, 0.717) is 21.9 Å². The summed E-state index contributed by atoms with van der Waals surface area (Å²) in [6.45, 7) is 2.79. The third kappa shape index (κ3) is 3.59. The van der Waals surface area contributed by atoms with Crippen molar-refractivity contribution in [2.45, 2.75) is 19.8 Å². The van der Waals surface area contributed by atoms with Gasteiger partial charge in [-0.3, -0.25) is 9.78 Å². The van der Waals surface area contributed by atoms with E-state index in [1.807, 2.05) is 42.5 Å². The maximum absolute atomic E-state index is 12.7. The van der Waals surface area contributed by atoms with Gasteiger partial charge in [0.2, 0.25) is 4.96 Å². The third-order valence-corrected chi connectivity index (χ3v) is 5.04. The molecule has 0 aliphatic rings. The van der Waals surface area contributed by atoms with Gasteiger partial charge in [0.1, 0.15) is 5.75 Å². The standard InChI is InChI=1S/C20H18N4O2S/c1-2-3-12-26-16-7-5-4-6-15(16)13-17-19(25)24-20(27-17)22-18(23-24)14-8-10-21-11-9-14/h4-11,13H,2-3,12H2,1H3/b17-13+. The number of pyridine rings is 1. The SMILES string of the molecule is CCCCOc1ccccc1/C=c1/sc2nc(-c3ccncc3)nn2c1=O. The largest absolute Gasteiger partial charge is 0.493 e. The Morgan fingerprint density at radius 3 is 2.78 bits per heavy atom. The van der Waals surface area contributed by atoms with E-state index < -0.39 is 0 Å². The maximum Gasteiger partial charge on any atom is 0.291 e. The molecule has 4 rings (SSSR count). The molecule has 4 aromatic rings. The molecule has 0 aliphatic heterocycles. The van der Waals surface area contributed by atoms with E-state index in [4.69, 9.17) is 4.74 Å². The van der Waals surface area contributed by atoms with Crippen LogP contribution in [-0.2, 0) is 0 Å². The van der Waals surface area contributed by atoms with E-state index in [2.05, 4.69) is 22.0 Å². The van der Waals surface area contributed by atoms with E-state index in [1.165, 1.54) is 15.9 Å². The van der Waals surface area contributed by atoms with Gasteiger partial charge in [-0.1, -0.05) is 42.9 Å². The van der Waals surface area contributed by atoms with Gasteiger partial charge in [0, 0.05) is 23.5 Å². The number of fused-ring (bicyclic) bond motifs is 1. The fraction of sp³-hybridized carbons (Fsp3) is 0.200. The first kappa shape index (κ1) is 17.4. The van der Waals surface area contributed by atoms with Crippen LogP contribution in [0.1, 0.15) is 25.3 Å². The highest BCUT2D eigenvalue weighted by Gasteiger charge is 2.12. The second kappa shape index (κ2) is 7.67. The van der Waals surface area contributed by atoms with E-state index in [9.17, 15) is 4.79 Å². The van der Waals surface area contributed by atoms with Crippen molar-refractivity contribution >= 4 is 22.4 Å². The molecule has 0 atom stereocenters. The predicted molar refractivity (Wildman–Crippen MR) is 106 cm³/mol. The number of hydrogen-bond donors (Lipinski definition) is 0. The molecule has 7 heteroatoms. The molecule has 3 heterocycles. The van der Waals surface area contributed by atoms with Crippen LogP contribution >= 0.6 is 11.3 Å². The predicted octanol–water partition coefficient (Wildman–Crippen LogP) is 2.94. The highest BCUT2D eigenvalue weighted by atomic mass is 32.1. The van der Waals surface area contributed by atoms with Crippen LogP contribution in [0.5, 0.6) is 5.75 Å². The van der Waals surface area contributed by atoms with Crippen LogP contribution in [0.25, 0.3) is 22.4 Å². The van der Waals surface area contributed by atoms with Crippen molar-refractivity contribution < 1.29 is 4.74 Å². The number of thiazole rings is 1. The number of hydrogen-bond acceptors (Lipinski definition) is 6. The Morgan fingerprint density at radius 2 is 2.00 bits per heavy atom. The number of nitrogens with zero attached hydrogens (tertiary/aromatic N) is 4. The average molecular weight is 378 g/mol. The Labute approximate surface area is 159 Å². The van der Waals surface area contributed by atoms with Crippen LogP contribution in [0.4, 0.5) is 0 Å². The fourth-order valence-electron chi connectivity index (χ4n) is 2.66. The van der Waals surface area contributed by atoms with Crippen LogP contribution in [0.3, 0.4) is 0 Å². The van der Waals surface area contributed by atoms with Crippen LogP contribution in [0.2, 0.25) is 0 Å². The summed E-state index contributed by atoms with van der Waals surface area (Å²) in [7, 11) is 0. The van der Waals surface area contributed by atoms with E-state index in [0.717, 1.165) is 29.7 Å². The number of para-hydroxylation sites is 1. The molecular formula is C20H18N4O2S. The van der Waals surface area contributed by atoms with Gasteiger partial charge in [-0.05, 0) is 30.7 Å². The summed E-state index contributed by atoms with van der Waals surface area (Å²) in [6.07, 6.45) is 7.27. The second-order valence-electron chi connectivity index (χ2n) is 6.02. The second-order valence-corrected chi connectivity index (χ2v) is 7.03. The van der Waals surface area contributed by atoms with Gasteiger partial charge < -0.3 is 4.74 Å². The first-order valence-electron chi connectivity index (χ1n) is 8.80. The summed E-state index contributed by atoms with van der Waals surface area (Å²) < 4.78 is 7.78. The lowest BCUT2D eigenvalue weighted by atomic mass is 10.2. The fourth-order valence-corrected chi connectivity index (χ4v) is 3.55. The van der Waals surface area contributed by atoms with Crippen molar-refractivity contribution in [3.63, 3.8) is 0 Å². The molecule has 0 spiro atoms. The molecule has 0 aliphatic carbocycles. The van der Waals surface area contributed by atoms with Crippen molar-refractivity contribution in [2.75, 3.05) is 6.61 Å². The van der Waals surface area contributed by atoms with Crippen LogP contribution in [0.15, 0.2) is 53.6 Å². The molecule has 136 valence electrons. The van der Waals surface area contributed by atoms with Crippen LogP contribution < -0.4 is 14.8 Å². The first-order chi connectivity index (χ1) is 13.3. The quantitative estimate of drug-likeness (QED) is 0.483. The van der Waals surface area contributed by atoms with E-state index >= 15 is 0 Å². The highest BCUT2D eigenvalue weighted by molar-refractivity contribution is 7.15. The molecular weight excluding hydrogens is 360 g/mol. The summed E-state index contributed by atoms with van der Waals surface area (Å²) in [6, 6.07) is 11.4. The lowest BCUT2D eigenvalue weighted by Gasteiger charge is -2.07. The Morgan fingerprint density at radius 1 is 1.19 bits per heavy atom. The topological polar surface area (TPSA) is 69.4 Å². The number of ether oxygens (including phenoxy) is 1. The third-order valence-electron chi connectivity index (χ3n) is 4.08. The minimum Gasteiger partial charge on any atom is -0.493 e. The van der Waals surface area contributed by atoms with Crippen LogP contribution in [0, 0.1) is 0 Å². The van der Waals surface area contributed by atoms with Gasteiger partial charge in [0.25, 0.3) is 5.56 Å². The molecule has 0 unspecified atom stereocenters. The molecule has 0 N–H and O–H groups in total. The van der Waals surface area contributed by atoms with Gasteiger partial charge in [-0.2, -0.15) is 9.50 Å². The summed E-state index contributed by atoms with van der Waals surface area (Å²) in [5.74, 6) is 1.30. The smallest absolute Gasteiger partial charge is 0.291 e. The number of unbranched alkanes of at least 4 members (excludes halogenated alkanes) is 1. The molecule has 0 fully saturated rings. The minimum atomic E-state index is -0.175. The van der Waals surface area contributed by atoms with E-state index in [-0.39, 0.29) is 5.56 Å². The van der Waals surface area contributed by atoms with Crippen molar-refractivity contribution in [1.82, 2.24) is 19.6 Å². The van der Waals surface area contributed by atoms with Gasteiger partial charge in [0.15, 0.2) is 5.82 Å². The minimum absolute atomic E-state index is 0.175. The normalized spacial score (nSPS) is 12.0.